The Morgan fingerprint density at radius 1 is 1.29 bits per heavy atom. The summed E-state index contributed by atoms with van der Waals surface area (Å²) in [6, 6.07) is 5.50. The normalized spacial score (nSPS) is 20.4. The molecular formula is C13H16N2O2. The Hall–Kier alpha value is -1.84. The topological polar surface area (TPSA) is 49.4 Å². The molecule has 0 aliphatic carbocycles. The summed E-state index contributed by atoms with van der Waals surface area (Å²) in [6.45, 7) is 5.87. The van der Waals surface area contributed by atoms with Crippen molar-refractivity contribution in [3.05, 3.63) is 29.3 Å². The van der Waals surface area contributed by atoms with Gasteiger partial charge in [0.1, 0.15) is 0 Å². The largest absolute Gasteiger partial charge is 0.328 e. The first-order chi connectivity index (χ1) is 7.99. The number of amides is 3. The van der Waals surface area contributed by atoms with E-state index in [0.717, 1.165) is 16.8 Å². The van der Waals surface area contributed by atoms with Crippen molar-refractivity contribution in [3.63, 3.8) is 0 Å². The van der Waals surface area contributed by atoms with Gasteiger partial charge in [-0.15, -0.1) is 0 Å². The van der Waals surface area contributed by atoms with Crippen molar-refractivity contribution in [3.8, 4) is 0 Å². The van der Waals surface area contributed by atoms with Gasteiger partial charge in [-0.25, -0.2) is 4.79 Å². The molecule has 0 spiro atoms. The van der Waals surface area contributed by atoms with E-state index >= 15 is 0 Å². The third-order valence-corrected chi connectivity index (χ3v) is 3.00. The van der Waals surface area contributed by atoms with Gasteiger partial charge in [-0.2, -0.15) is 0 Å². The summed E-state index contributed by atoms with van der Waals surface area (Å²) in [5.41, 5.74) is 3.07. The summed E-state index contributed by atoms with van der Waals surface area (Å²) >= 11 is 0. The molecule has 0 saturated carbocycles. The minimum atomic E-state index is -0.333. The number of carbonyl (C=O) groups excluding carboxylic acids is 2. The van der Waals surface area contributed by atoms with Crippen molar-refractivity contribution in [1.82, 2.24) is 5.32 Å². The number of imide groups is 1. The molecule has 4 heteroatoms. The van der Waals surface area contributed by atoms with E-state index in [2.05, 4.69) is 5.32 Å². The minimum absolute atomic E-state index is 0.0994. The maximum absolute atomic E-state index is 11.8. The molecule has 0 radical (unpaired) electrons. The summed E-state index contributed by atoms with van der Waals surface area (Å²) in [6.07, 6.45) is 0.346. The van der Waals surface area contributed by atoms with E-state index in [-0.39, 0.29) is 18.0 Å². The van der Waals surface area contributed by atoms with Crippen LogP contribution in [0.2, 0.25) is 0 Å². The van der Waals surface area contributed by atoms with E-state index in [9.17, 15) is 9.59 Å². The molecule has 0 bridgehead atoms. The highest BCUT2D eigenvalue weighted by Crippen LogP contribution is 2.25. The van der Waals surface area contributed by atoms with E-state index < -0.39 is 0 Å². The molecule has 17 heavy (non-hydrogen) atoms. The van der Waals surface area contributed by atoms with Crippen LogP contribution in [0.1, 0.15) is 24.5 Å². The molecule has 1 aromatic rings. The molecule has 1 aliphatic rings. The van der Waals surface area contributed by atoms with Gasteiger partial charge in [0.25, 0.3) is 0 Å². The van der Waals surface area contributed by atoms with Crippen LogP contribution in [0.4, 0.5) is 10.5 Å². The van der Waals surface area contributed by atoms with Crippen LogP contribution in [0.25, 0.3) is 0 Å². The quantitative estimate of drug-likeness (QED) is 0.806. The van der Waals surface area contributed by atoms with Crippen molar-refractivity contribution in [2.45, 2.75) is 33.2 Å². The molecule has 1 fully saturated rings. The lowest BCUT2D eigenvalue weighted by atomic mass is 10.1. The Kier molecular flexibility index (Phi) is 2.88. The molecule has 0 unspecified atom stereocenters. The van der Waals surface area contributed by atoms with Crippen LogP contribution in [0, 0.1) is 13.8 Å². The highest BCUT2D eigenvalue weighted by Gasteiger charge is 2.31. The maximum atomic E-state index is 11.8. The van der Waals surface area contributed by atoms with Gasteiger partial charge in [-0.1, -0.05) is 17.7 Å². The van der Waals surface area contributed by atoms with Crippen LogP contribution in [-0.4, -0.2) is 18.0 Å². The lowest BCUT2D eigenvalue weighted by molar-refractivity contribution is -0.120. The molecule has 1 heterocycles. The zero-order valence-electron chi connectivity index (χ0n) is 10.3. The predicted molar refractivity (Wildman–Crippen MR) is 66.0 cm³/mol. The summed E-state index contributed by atoms with van der Waals surface area (Å²) in [5, 5.41) is 2.35. The summed E-state index contributed by atoms with van der Waals surface area (Å²) in [7, 11) is 0. The number of urea groups is 1. The molecule has 2 rings (SSSR count). The van der Waals surface area contributed by atoms with Gasteiger partial charge in [0.2, 0.25) is 5.91 Å². The summed E-state index contributed by atoms with van der Waals surface area (Å²) in [4.78, 5) is 24.7. The van der Waals surface area contributed by atoms with E-state index in [1.54, 1.807) is 4.90 Å². The Morgan fingerprint density at radius 2 is 2.00 bits per heavy atom. The van der Waals surface area contributed by atoms with Crippen LogP contribution in [0.15, 0.2) is 18.2 Å². The van der Waals surface area contributed by atoms with Crippen LogP contribution in [0.5, 0.6) is 0 Å². The monoisotopic (exact) mass is 232 g/mol. The predicted octanol–water partition coefficient (Wildman–Crippen LogP) is 2.14. The number of hydrogen-bond acceptors (Lipinski definition) is 2. The zero-order chi connectivity index (χ0) is 12.6. The average Bonchev–Trinajstić information content (AvgIpc) is 2.19. The van der Waals surface area contributed by atoms with Crippen LogP contribution in [-0.2, 0) is 4.79 Å². The van der Waals surface area contributed by atoms with Gasteiger partial charge >= 0.3 is 6.03 Å². The van der Waals surface area contributed by atoms with Crippen molar-refractivity contribution in [1.29, 1.82) is 0 Å². The van der Waals surface area contributed by atoms with Crippen molar-refractivity contribution < 1.29 is 9.59 Å². The molecule has 1 N–H and O–H groups in total. The van der Waals surface area contributed by atoms with Crippen molar-refractivity contribution in [2.75, 3.05) is 4.90 Å². The number of benzene rings is 1. The SMILES string of the molecule is Cc1ccc(N2C(=O)NC(=O)C[C@@H]2C)c(C)c1. The fourth-order valence-corrected chi connectivity index (χ4v) is 2.21. The Bertz CT molecular complexity index is 482. The second-order valence-corrected chi connectivity index (χ2v) is 4.57. The fraction of sp³-hybridized carbons (Fsp3) is 0.385. The molecule has 1 aliphatic heterocycles. The van der Waals surface area contributed by atoms with Gasteiger partial charge in [0.05, 0.1) is 0 Å². The second kappa shape index (κ2) is 4.20. The van der Waals surface area contributed by atoms with Crippen molar-refractivity contribution >= 4 is 17.6 Å². The van der Waals surface area contributed by atoms with Gasteiger partial charge in [0, 0.05) is 18.2 Å². The highest BCUT2D eigenvalue weighted by atomic mass is 16.2. The molecule has 4 nitrogen and oxygen atoms in total. The van der Waals surface area contributed by atoms with E-state index in [0.29, 0.717) is 6.42 Å². The minimum Gasteiger partial charge on any atom is -0.291 e. The molecule has 1 atom stereocenters. The molecule has 1 aromatic carbocycles. The molecule has 0 aromatic heterocycles. The standard InChI is InChI=1S/C13H16N2O2/c1-8-4-5-11(9(2)6-8)15-10(3)7-12(16)14-13(15)17/h4-6,10H,7H2,1-3H3,(H,14,16,17)/t10-/m0/s1. The molecular weight excluding hydrogens is 216 g/mol. The lowest BCUT2D eigenvalue weighted by Gasteiger charge is -2.33. The third-order valence-electron chi connectivity index (χ3n) is 3.00. The van der Waals surface area contributed by atoms with Crippen molar-refractivity contribution in [2.24, 2.45) is 0 Å². The fourth-order valence-electron chi connectivity index (χ4n) is 2.21. The number of hydrogen-bond donors (Lipinski definition) is 1. The first kappa shape index (κ1) is 11.6. The highest BCUT2D eigenvalue weighted by molar-refractivity contribution is 6.06. The zero-order valence-corrected chi connectivity index (χ0v) is 10.3. The maximum Gasteiger partial charge on any atom is 0.328 e. The Balaban J connectivity index is 2.38. The number of rotatable bonds is 1. The molecule has 3 amide bonds. The second-order valence-electron chi connectivity index (χ2n) is 4.57. The summed E-state index contributed by atoms with van der Waals surface area (Å²) < 4.78 is 0. The number of anilines is 1. The third kappa shape index (κ3) is 2.16. The van der Waals surface area contributed by atoms with E-state index in [4.69, 9.17) is 0 Å². The number of nitrogens with one attached hydrogen (secondary N) is 1. The Morgan fingerprint density at radius 3 is 2.59 bits per heavy atom. The average molecular weight is 232 g/mol. The first-order valence-corrected chi connectivity index (χ1v) is 5.69. The molecule has 1 saturated heterocycles. The Labute approximate surface area is 101 Å². The van der Waals surface area contributed by atoms with Crippen LogP contribution >= 0.6 is 0 Å². The van der Waals surface area contributed by atoms with Gasteiger partial charge in [0.15, 0.2) is 0 Å². The van der Waals surface area contributed by atoms with Gasteiger partial charge in [-0.05, 0) is 32.4 Å². The lowest BCUT2D eigenvalue weighted by Crippen LogP contribution is -2.54. The van der Waals surface area contributed by atoms with Crippen LogP contribution < -0.4 is 10.2 Å². The molecule has 90 valence electrons. The number of aryl methyl sites for hydroxylation is 2. The summed E-state index contributed by atoms with van der Waals surface area (Å²) in [5.74, 6) is -0.205. The van der Waals surface area contributed by atoms with Gasteiger partial charge in [-0.3, -0.25) is 15.0 Å². The van der Waals surface area contributed by atoms with E-state index in [1.807, 2.05) is 39.0 Å². The number of carbonyl (C=O) groups is 2. The smallest absolute Gasteiger partial charge is 0.291 e. The first-order valence-electron chi connectivity index (χ1n) is 5.69. The number of nitrogens with zero attached hydrogens (tertiary/aromatic N) is 1. The van der Waals surface area contributed by atoms with Crippen LogP contribution in [0.3, 0.4) is 0 Å². The van der Waals surface area contributed by atoms with E-state index in [1.165, 1.54) is 0 Å². The van der Waals surface area contributed by atoms with Gasteiger partial charge < -0.3 is 0 Å².